The molecule has 0 aliphatic heterocycles. The Balaban J connectivity index is 3.02. The standard InChI is InChI=1S/C8H11O5P/c1-11-6-4-3-5-7(8(6)12-2)13-14(9)10/h3-5,9-10H,1-2H3. The average Bonchev–Trinajstić information content (AvgIpc) is 2.16. The Morgan fingerprint density at radius 3 is 2.21 bits per heavy atom. The van der Waals surface area contributed by atoms with Crippen molar-refractivity contribution in [2.75, 3.05) is 14.2 Å². The average molecular weight is 218 g/mol. The molecule has 0 radical (unpaired) electrons. The van der Waals surface area contributed by atoms with Crippen LogP contribution in [0.3, 0.4) is 0 Å². The van der Waals surface area contributed by atoms with Crippen molar-refractivity contribution in [2.45, 2.75) is 0 Å². The van der Waals surface area contributed by atoms with Gasteiger partial charge in [0.25, 0.3) is 0 Å². The molecule has 78 valence electrons. The van der Waals surface area contributed by atoms with Crippen LogP contribution < -0.4 is 14.0 Å². The second-order valence-corrected chi connectivity index (χ2v) is 3.02. The Morgan fingerprint density at radius 1 is 1.07 bits per heavy atom. The summed E-state index contributed by atoms with van der Waals surface area (Å²) in [7, 11) is 0.483. The molecule has 0 saturated carbocycles. The topological polar surface area (TPSA) is 68.2 Å². The normalized spacial score (nSPS) is 10.1. The van der Waals surface area contributed by atoms with E-state index in [1.54, 1.807) is 18.2 Å². The second kappa shape index (κ2) is 5.00. The van der Waals surface area contributed by atoms with Gasteiger partial charge in [-0.3, -0.25) is 0 Å². The third-order valence-electron chi connectivity index (χ3n) is 1.55. The van der Waals surface area contributed by atoms with Crippen LogP contribution >= 0.6 is 8.60 Å². The van der Waals surface area contributed by atoms with Crippen LogP contribution in [0.2, 0.25) is 0 Å². The summed E-state index contributed by atoms with van der Waals surface area (Å²) in [5, 5.41) is 0. The maximum atomic E-state index is 8.69. The summed E-state index contributed by atoms with van der Waals surface area (Å²) in [4.78, 5) is 17.4. The van der Waals surface area contributed by atoms with Gasteiger partial charge < -0.3 is 23.8 Å². The first-order chi connectivity index (χ1) is 6.69. The smallest absolute Gasteiger partial charge is 0.391 e. The molecular formula is C8H11O5P. The van der Waals surface area contributed by atoms with Gasteiger partial charge in [0.1, 0.15) is 0 Å². The van der Waals surface area contributed by atoms with Crippen molar-refractivity contribution in [2.24, 2.45) is 0 Å². The van der Waals surface area contributed by atoms with E-state index < -0.39 is 8.60 Å². The van der Waals surface area contributed by atoms with Gasteiger partial charge in [0, 0.05) is 0 Å². The highest BCUT2D eigenvalue weighted by Gasteiger charge is 2.13. The van der Waals surface area contributed by atoms with Gasteiger partial charge in [-0.15, -0.1) is 0 Å². The summed E-state index contributed by atoms with van der Waals surface area (Å²) < 4.78 is 14.8. The highest BCUT2D eigenvalue weighted by molar-refractivity contribution is 7.39. The highest BCUT2D eigenvalue weighted by atomic mass is 31.2. The van der Waals surface area contributed by atoms with Crippen LogP contribution in [0.4, 0.5) is 0 Å². The zero-order chi connectivity index (χ0) is 10.6. The molecule has 1 rings (SSSR count). The van der Waals surface area contributed by atoms with E-state index in [4.69, 9.17) is 23.8 Å². The number of hydrogen-bond donors (Lipinski definition) is 2. The predicted octanol–water partition coefficient (Wildman–Crippen LogP) is 1.29. The van der Waals surface area contributed by atoms with Gasteiger partial charge in [-0.1, -0.05) is 6.07 Å². The molecule has 0 spiro atoms. The SMILES string of the molecule is COc1cccc(OP(O)O)c1OC. The van der Waals surface area contributed by atoms with Crippen molar-refractivity contribution in [1.82, 2.24) is 0 Å². The Labute approximate surface area is 82.9 Å². The molecule has 0 atom stereocenters. The first-order valence-corrected chi connectivity index (χ1v) is 4.92. The third-order valence-corrected chi connectivity index (χ3v) is 1.91. The lowest BCUT2D eigenvalue weighted by atomic mass is 10.3. The van der Waals surface area contributed by atoms with Gasteiger partial charge in [-0.05, 0) is 12.1 Å². The molecule has 0 fully saturated rings. The van der Waals surface area contributed by atoms with E-state index in [0.717, 1.165) is 0 Å². The number of benzene rings is 1. The van der Waals surface area contributed by atoms with Gasteiger partial charge >= 0.3 is 8.60 Å². The van der Waals surface area contributed by atoms with Crippen LogP contribution in [-0.4, -0.2) is 24.0 Å². The van der Waals surface area contributed by atoms with E-state index in [9.17, 15) is 0 Å². The van der Waals surface area contributed by atoms with E-state index in [-0.39, 0.29) is 5.75 Å². The van der Waals surface area contributed by atoms with Crippen molar-refractivity contribution in [1.29, 1.82) is 0 Å². The van der Waals surface area contributed by atoms with Gasteiger partial charge in [0.15, 0.2) is 11.5 Å². The van der Waals surface area contributed by atoms with Gasteiger partial charge in [-0.25, -0.2) is 0 Å². The van der Waals surface area contributed by atoms with Crippen LogP contribution in [-0.2, 0) is 0 Å². The molecule has 6 heteroatoms. The molecule has 0 aromatic heterocycles. The molecule has 0 bridgehead atoms. The Morgan fingerprint density at radius 2 is 1.71 bits per heavy atom. The molecule has 0 saturated heterocycles. The molecular weight excluding hydrogens is 207 g/mol. The molecule has 14 heavy (non-hydrogen) atoms. The van der Waals surface area contributed by atoms with Crippen LogP contribution in [0.5, 0.6) is 17.2 Å². The zero-order valence-corrected chi connectivity index (χ0v) is 8.69. The molecule has 2 N–H and O–H groups in total. The summed E-state index contributed by atoms with van der Waals surface area (Å²) >= 11 is 0. The Hall–Kier alpha value is -1.03. The fraction of sp³-hybridized carbons (Fsp3) is 0.250. The van der Waals surface area contributed by atoms with E-state index in [1.807, 2.05) is 0 Å². The summed E-state index contributed by atoms with van der Waals surface area (Å²) in [6.45, 7) is 0. The van der Waals surface area contributed by atoms with Crippen molar-refractivity contribution in [3.63, 3.8) is 0 Å². The van der Waals surface area contributed by atoms with Crippen LogP contribution in [0.1, 0.15) is 0 Å². The van der Waals surface area contributed by atoms with Gasteiger partial charge in [0.2, 0.25) is 5.75 Å². The first kappa shape index (κ1) is 11.0. The zero-order valence-electron chi connectivity index (χ0n) is 7.80. The quantitative estimate of drug-likeness (QED) is 0.745. The summed E-state index contributed by atoms with van der Waals surface area (Å²) in [6.07, 6.45) is 0. The number of para-hydroxylation sites is 1. The lowest BCUT2D eigenvalue weighted by molar-refractivity contribution is 0.329. The Bertz CT molecular complexity index is 302. The van der Waals surface area contributed by atoms with Crippen molar-refractivity contribution >= 4 is 8.60 Å². The van der Waals surface area contributed by atoms with E-state index in [0.29, 0.717) is 11.5 Å². The number of ether oxygens (including phenoxy) is 2. The van der Waals surface area contributed by atoms with Crippen LogP contribution in [0.25, 0.3) is 0 Å². The van der Waals surface area contributed by atoms with E-state index in [2.05, 4.69) is 0 Å². The molecule has 0 aliphatic rings. The summed E-state index contributed by atoms with van der Waals surface area (Å²) in [5.74, 6) is 1.05. The third kappa shape index (κ3) is 2.48. The molecule has 1 aromatic carbocycles. The largest absolute Gasteiger partial charge is 0.493 e. The first-order valence-electron chi connectivity index (χ1n) is 3.76. The second-order valence-electron chi connectivity index (χ2n) is 2.34. The van der Waals surface area contributed by atoms with Gasteiger partial charge in [0.05, 0.1) is 14.2 Å². The van der Waals surface area contributed by atoms with Crippen molar-refractivity contribution < 1.29 is 23.8 Å². The molecule has 5 nitrogen and oxygen atoms in total. The van der Waals surface area contributed by atoms with E-state index >= 15 is 0 Å². The number of rotatable bonds is 4. The molecule has 0 unspecified atom stereocenters. The minimum atomic E-state index is -2.45. The monoisotopic (exact) mass is 218 g/mol. The summed E-state index contributed by atoms with van der Waals surface area (Å²) in [5.41, 5.74) is 0. The highest BCUT2D eigenvalue weighted by Crippen LogP contribution is 2.41. The molecule has 0 amide bonds. The fourth-order valence-electron chi connectivity index (χ4n) is 1.02. The molecule has 0 heterocycles. The van der Waals surface area contributed by atoms with Crippen LogP contribution in [0.15, 0.2) is 18.2 Å². The predicted molar refractivity (Wildman–Crippen MR) is 51.5 cm³/mol. The molecule has 1 aromatic rings. The molecule has 0 aliphatic carbocycles. The van der Waals surface area contributed by atoms with Crippen molar-refractivity contribution in [3.8, 4) is 17.2 Å². The lowest BCUT2D eigenvalue weighted by Crippen LogP contribution is -1.94. The lowest BCUT2D eigenvalue weighted by Gasteiger charge is -2.12. The van der Waals surface area contributed by atoms with Gasteiger partial charge in [-0.2, -0.15) is 0 Å². The fourth-order valence-corrected chi connectivity index (χ4v) is 1.34. The summed E-state index contributed by atoms with van der Waals surface area (Å²) in [6, 6.07) is 4.90. The number of methoxy groups -OCH3 is 2. The van der Waals surface area contributed by atoms with Crippen LogP contribution in [0, 0.1) is 0 Å². The minimum absolute atomic E-state index is 0.239. The maximum Gasteiger partial charge on any atom is 0.391 e. The maximum absolute atomic E-state index is 8.69. The minimum Gasteiger partial charge on any atom is -0.493 e. The number of hydrogen-bond acceptors (Lipinski definition) is 5. The van der Waals surface area contributed by atoms with E-state index in [1.165, 1.54) is 14.2 Å². The van der Waals surface area contributed by atoms with Crippen molar-refractivity contribution in [3.05, 3.63) is 18.2 Å². The Kier molecular flexibility index (Phi) is 3.95.